The number of nitrogens with two attached hydrogens (primary N) is 1. The van der Waals surface area contributed by atoms with E-state index in [-0.39, 0.29) is 0 Å². The fraction of sp³-hybridized carbons (Fsp3) is 0.500. The van der Waals surface area contributed by atoms with Crippen molar-refractivity contribution in [3.05, 3.63) is 23.8 Å². The number of hydrogen-bond donors (Lipinski definition) is 2. The molecule has 3 N–H and O–H groups in total. The highest BCUT2D eigenvalue weighted by Gasteiger charge is 2.25. The number of ether oxygens (including phenoxy) is 2. The van der Waals surface area contributed by atoms with Gasteiger partial charge < -0.3 is 20.5 Å². The highest BCUT2D eigenvalue weighted by Crippen LogP contribution is 2.32. The second kappa shape index (κ2) is 3.96. The summed E-state index contributed by atoms with van der Waals surface area (Å²) in [6.07, 6.45) is 2.18. The van der Waals surface area contributed by atoms with E-state index in [9.17, 15) is 0 Å². The third-order valence-electron chi connectivity index (χ3n) is 3.21. The van der Waals surface area contributed by atoms with Crippen LogP contribution in [0, 0.1) is 0 Å². The SMILES string of the molecule is NC1CC(NCc2ccc3c(c2)OCO3)C1. The maximum Gasteiger partial charge on any atom is 0.231 e. The monoisotopic (exact) mass is 220 g/mol. The number of fused-ring (bicyclic) bond motifs is 1. The molecule has 1 aromatic rings. The van der Waals surface area contributed by atoms with Crippen LogP contribution in [0.4, 0.5) is 0 Å². The van der Waals surface area contributed by atoms with Crippen LogP contribution in [0.1, 0.15) is 18.4 Å². The van der Waals surface area contributed by atoms with Crippen molar-refractivity contribution in [2.75, 3.05) is 6.79 Å². The van der Waals surface area contributed by atoms with E-state index in [1.54, 1.807) is 0 Å². The van der Waals surface area contributed by atoms with Crippen molar-refractivity contribution in [1.29, 1.82) is 0 Å². The molecule has 0 saturated heterocycles. The van der Waals surface area contributed by atoms with Crippen LogP contribution in [0.2, 0.25) is 0 Å². The molecule has 16 heavy (non-hydrogen) atoms. The van der Waals surface area contributed by atoms with Gasteiger partial charge in [-0.3, -0.25) is 0 Å². The lowest BCUT2D eigenvalue weighted by Gasteiger charge is -2.33. The van der Waals surface area contributed by atoms with E-state index in [1.807, 2.05) is 12.1 Å². The molecule has 1 aromatic carbocycles. The average Bonchev–Trinajstić information content (AvgIpc) is 2.69. The Hall–Kier alpha value is -1.26. The molecule has 0 bridgehead atoms. The number of hydrogen-bond acceptors (Lipinski definition) is 4. The van der Waals surface area contributed by atoms with Gasteiger partial charge >= 0.3 is 0 Å². The minimum absolute atomic E-state index is 0.337. The minimum Gasteiger partial charge on any atom is -0.454 e. The Morgan fingerprint density at radius 3 is 2.88 bits per heavy atom. The fourth-order valence-electron chi connectivity index (χ4n) is 2.14. The van der Waals surface area contributed by atoms with Gasteiger partial charge in [-0.25, -0.2) is 0 Å². The van der Waals surface area contributed by atoms with Crippen molar-refractivity contribution in [2.45, 2.75) is 31.5 Å². The predicted octanol–water partition coefficient (Wildman–Crippen LogP) is 0.995. The molecular weight excluding hydrogens is 204 g/mol. The number of rotatable bonds is 3. The molecule has 1 aliphatic heterocycles. The first-order valence-corrected chi connectivity index (χ1v) is 5.69. The third kappa shape index (κ3) is 1.86. The standard InChI is InChI=1S/C12H16N2O2/c13-9-4-10(5-9)14-6-8-1-2-11-12(3-8)16-7-15-11/h1-3,9-10,14H,4-7,13H2. The highest BCUT2D eigenvalue weighted by molar-refractivity contribution is 5.44. The summed E-state index contributed by atoms with van der Waals surface area (Å²) in [5.41, 5.74) is 6.96. The van der Waals surface area contributed by atoms with Crippen LogP contribution in [-0.4, -0.2) is 18.9 Å². The topological polar surface area (TPSA) is 56.5 Å². The summed E-state index contributed by atoms with van der Waals surface area (Å²) in [4.78, 5) is 0. The zero-order valence-corrected chi connectivity index (χ0v) is 9.11. The maximum atomic E-state index is 5.74. The van der Waals surface area contributed by atoms with Crippen molar-refractivity contribution in [2.24, 2.45) is 5.73 Å². The lowest BCUT2D eigenvalue weighted by Crippen LogP contribution is -2.48. The second-order valence-electron chi connectivity index (χ2n) is 4.50. The van der Waals surface area contributed by atoms with E-state index in [0.717, 1.165) is 30.9 Å². The van der Waals surface area contributed by atoms with Gasteiger partial charge in [0.15, 0.2) is 11.5 Å². The molecule has 1 saturated carbocycles. The van der Waals surface area contributed by atoms with Crippen molar-refractivity contribution in [3.8, 4) is 11.5 Å². The van der Waals surface area contributed by atoms with Gasteiger partial charge in [-0.2, -0.15) is 0 Å². The van der Waals surface area contributed by atoms with Gasteiger partial charge in [0.2, 0.25) is 6.79 Å². The molecule has 4 nitrogen and oxygen atoms in total. The largest absolute Gasteiger partial charge is 0.454 e. The Labute approximate surface area is 94.7 Å². The molecule has 4 heteroatoms. The van der Waals surface area contributed by atoms with E-state index in [1.165, 1.54) is 5.56 Å². The van der Waals surface area contributed by atoms with Gasteiger partial charge in [-0.1, -0.05) is 6.07 Å². The Bertz CT molecular complexity index is 389. The molecule has 0 radical (unpaired) electrons. The van der Waals surface area contributed by atoms with Crippen molar-refractivity contribution in [1.82, 2.24) is 5.32 Å². The Kier molecular flexibility index (Phi) is 2.46. The molecule has 0 atom stereocenters. The summed E-state index contributed by atoms with van der Waals surface area (Å²) >= 11 is 0. The van der Waals surface area contributed by atoms with Gasteiger partial charge in [-0.05, 0) is 30.5 Å². The molecule has 1 aliphatic carbocycles. The molecule has 0 spiro atoms. The Morgan fingerprint density at radius 2 is 2.06 bits per heavy atom. The molecule has 86 valence electrons. The molecule has 0 unspecified atom stereocenters. The predicted molar refractivity (Wildman–Crippen MR) is 60.4 cm³/mol. The second-order valence-corrected chi connectivity index (χ2v) is 4.50. The Balaban J connectivity index is 1.58. The zero-order valence-electron chi connectivity index (χ0n) is 9.11. The highest BCUT2D eigenvalue weighted by atomic mass is 16.7. The quantitative estimate of drug-likeness (QED) is 0.797. The molecule has 0 amide bonds. The first-order valence-electron chi connectivity index (χ1n) is 5.69. The third-order valence-corrected chi connectivity index (χ3v) is 3.21. The average molecular weight is 220 g/mol. The molecular formula is C12H16N2O2. The van der Waals surface area contributed by atoms with Gasteiger partial charge in [0, 0.05) is 18.6 Å². The molecule has 3 rings (SSSR count). The summed E-state index contributed by atoms with van der Waals surface area (Å²) in [5.74, 6) is 1.69. The zero-order chi connectivity index (χ0) is 11.0. The number of nitrogens with one attached hydrogen (secondary N) is 1. The lowest BCUT2D eigenvalue weighted by molar-refractivity contribution is 0.174. The van der Waals surface area contributed by atoms with Gasteiger partial charge in [0.25, 0.3) is 0 Å². The van der Waals surface area contributed by atoms with Gasteiger partial charge in [0.1, 0.15) is 0 Å². The van der Waals surface area contributed by atoms with Gasteiger partial charge in [0.05, 0.1) is 0 Å². The minimum atomic E-state index is 0.337. The van der Waals surface area contributed by atoms with E-state index in [0.29, 0.717) is 18.9 Å². The van der Waals surface area contributed by atoms with Crippen LogP contribution in [0.25, 0.3) is 0 Å². The Morgan fingerprint density at radius 1 is 1.25 bits per heavy atom. The molecule has 0 aromatic heterocycles. The van der Waals surface area contributed by atoms with E-state index in [2.05, 4.69) is 11.4 Å². The smallest absolute Gasteiger partial charge is 0.231 e. The lowest BCUT2D eigenvalue weighted by atomic mass is 9.87. The summed E-state index contributed by atoms with van der Waals surface area (Å²) in [7, 11) is 0. The summed E-state index contributed by atoms with van der Waals surface area (Å²) in [6.45, 7) is 1.21. The van der Waals surface area contributed by atoms with Crippen molar-refractivity contribution in [3.63, 3.8) is 0 Å². The van der Waals surface area contributed by atoms with Gasteiger partial charge in [-0.15, -0.1) is 0 Å². The first kappa shape index (κ1) is 9.93. The molecule has 1 heterocycles. The van der Waals surface area contributed by atoms with Crippen molar-refractivity contribution >= 4 is 0 Å². The molecule has 2 aliphatic rings. The van der Waals surface area contributed by atoms with E-state index < -0.39 is 0 Å². The van der Waals surface area contributed by atoms with Crippen LogP contribution >= 0.6 is 0 Å². The van der Waals surface area contributed by atoms with E-state index in [4.69, 9.17) is 15.2 Å². The van der Waals surface area contributed by atoms with Crippen LogP contribution in [-0.2, 0) is 6.54 Å². The van der Waals surface area contributed by atoms with Crippen LogP contribution in [0.5, 0.6) is 11.5 Å². The number of benzene rings is 1. The van der Waals surface area contributed by atoms with Crippen LogP contribution in [0.3, 0.4) is 0 Å². The fourth-order valence-corrected chi connectivity index (χ4v) is 2.14. The van der Waals surface area contributed by atoms with Crippen LogP contribution in [0.15, 0.2) is 18.2 Å². The normalized spacial score (nSPS) is 26.6. The first-order chi connectivity index (χ1) is 7.81. The summed E-state index contributed by atoms with van der Waals surface area (Å²) in [5, 5.41) is 3.48. The van der Waals surface area contributed by atoms with Crippen LogP contribution < -0.4 is 20.5 Å². The maximum absolute atomic E-state index is 5.74. The van der Waals surface area contributed by atoms with Crippen molar-refractivity contribution < 1.29 is 9.47 Å². The summed E-state index contributed by atoms with van der Waals surface area (Å²) in [6, 6.07) is 7.05. The molecule has 1 fully saturated rings. The summed E-state index contributed by atoms with van der Waals surface area (Å²) < 4.78 is 10.6. The van der Waals surface area contributed by atoms with E-state index >= 15 is 0 Å².